The third kappa shape index (κ3) is 4.29. The predicted molar refractivity (Wildman–Crippen MR) is 111 cm³/mol. The maximum atomic E-state index is 12.5. The minimum atomic E-state index is -0.0417. The molecule has 3 aromatic rings. The third-order valence-corrected chi connectivity index (χ3v) is 5.70. The number of amides is 1. The van der Waals surface area contributed by atoms with Gasteiger partial charge in [-0.15, -0.1) is 0 Å². The van der Waals surface area contributed by atoms with Crippen molar-refractivity contribution in [2.75, 3.05) is 26.5 Å². The first-order valence-corrected chi connectivity index (χ1v) is 10.4. The Labute approximate surface area is 183 Å². The number of piperidine rings is 1. The van der Waals surface area contributed by atoms with Crippen molar-refractivity contribution in [2.24, 2.45) is 0 Å². The topological polar surface area (TPSA) is 86.9 Å². The van der Waals surface area contributed by atoms with Crippen molar-refractivity contribution in [2.45, 2.75) is 18.8 Å². The Hall–Kier alpha value is -3.26. The molecule has 160 valence electrons. The standard InChI is InChI=1S/C22H20ClN3O5/c23-16-2-4-17(5-3-16)28-12-20(27)26-9-7-14(8-10-26)22-24-21(25-31-22)15-1-6-18-19(11-15)30-13-29-18/h1-6,11,14H,7-10,12-13H2. The number of hydrogen-bond acceptors (Lipinski definition) is 7. The van der Waals surface area contributed by atoms with Crippen LogP contribution in [0, 0.1) is 0 Å². The van der Waals surface area contributed by atoms with Crippen LogP contribution in [0.4, 0.5) is 0 Å². The smallest absolute Gasteiger partial charge is 0.260 e. The number of nitrogens with zero attached hydrogens (tertiary/aromatic N) is 3. The number of hydrogen-bond donors (Lipinski definition) is 0. The van der Waals surface area contributed by atoms with Gasteiger partial charge in [0.1, 0.15) is 5.75 Å². The van der Waals surface area contributed by atoms with E-state index in [1.807, 2.05) is 23.1 Å². The van der Waals surface area contributed by atoms with Gasteiger partial charge >= 0.3 is 0 Å². The molecule has 0 unspecified atom stereocenters. The van der Waals surface area contributed by atoms with E-state index in [-0.39, 0.29) is 25.2 Å². The largest absolute Gasteiger partial charge is 0.484 e. The minimum Gasteiger partial charge on any atom is -0.484 e. The van der Waals surface area contributed by atoms with Crippen molar-refractivity contribution in [3.63, 3.8) is 0 Å². The minimum absolute atomic E-state index is 0.00111. The SMILES string of the molecule is O=C(COc1ccc(Cl)cc1)N1CCC(c2nc(-c3ccc4c(c3)OCO4)no2)CC1. The number of rotatable bonds is 5. The summed E-state index contributed by atoms with van der Waals surface area (Å²) in [5.74, 6) is 3.20. The number of aromatic nitrogens is 2. The summed E-state index contributed by atoms with van der Waals surface area (Å²) in [6.07, 6.45) is 1.52. The predicted octanol–water partition coefficient (Wildman–Crippen LogP) is 3.90. The van der Waals surface area contributed by atoms with E-state index in [4.69, 9.17) is 30.3 Å². The van der Waals surface area contributed by atoms with Crippen LogP contribution in [0.25, 0.3) is 11.4 Å². The first-order valence-electron chi connectivity index (χ1n) is 10.1. The van der Waals surface area contributed by atoms with Gasteiger partial charge in [-0.2, -0.15) is 4.98 Å². The lowest BCUT2D eigenvalue weighted by Crippen LogP contribution is -2.40. The number of carbonyl (C=O) groups is 1. The molecule has 0 saturated carbocycles. The van der Waals surface area contributed by atoms with Crippen LogP contribution in [-0.2, 0) is 4.79 Å². The van der Waals surface area contributed by atoms with Crippen LogP contribution in [-0.4, -0.2) is 47.4 Å². The van der Waals surface area contributed by atoms with Crippen molar-refractivity contribution in [1.82, 2.24) is 15.0 Å². The molecule has 1 amide bonds. The number of halogens is 1. The zero-order chi connectivity index (χ0) is 21.2. The summed E-state index contributed by atoms with van der Waals surface area (Å²) >= 11 is 5.86. The zero-order valence-corrected chi connectivity index (χ0v) is 17.4. The van der Waals surface area contributed by atoms with Gasteiger partial charge in [0.15, 0.2) is 18.1 Å². The molecule has 8 nitrogen and oxygen atoms in total. The van der Waals surface area contributed by atoms with E-state index in [0.29, 0.717) is 47.1 Å². The summed E-state index contributed by atoms with van der Waals surface area (Å²) < 4.78 is 21.8. The number of carbonyl (C=O) groups excluding carboxylic acids is 1. The molecule has 0 bridgehead atoms. The fourth-order valence-corrected chi connectivity index (χ4v) is 3.82. The lowest BCUT2D eigenvalue weighted by molar-refractivity contribution is -0.134. The van der Waals surface area contributed by atoms with Crippen LogP contribution >= 0.6 is 11.6 Å². The Balaban J connectivity index is 1.15. The van der Waals surface area contributed by atoms with Gasteiger partial charge < -0.3 is 23.6 Å². The van der Waals surface area contributed by atoms with Gasteiger partial charge in [0.05, 0.1) is 0 Å². The van der Waals surface area contributed by atoms with Gasteiger partial charge in [-0.3, -0.25) is 4.79 Å². The second-order valence-corrected chi connectivity index (χ2v) is 7.86. The summed E-state index contributed by atoms with van der Waals surface area (Å²) in [7, 11) is 0. The van der Waals surface area contributed by atoms with Crippen LogP contribution in [0.3, 0.4) is 0 Å². The van der Waals surface area contributed by atoms with Crippen LogP contribution < -0.4 is 14.2 Å². The molecule has 2 aromatic carbocycles. The number of fused-ring (bicyclic) bond motifs is 1. The molecule has 1 saturated heterocycles. The van der Waals surface area contributed by atoms with Crippen LogP contribution in [0.15, 0.2) is 47.0 Å². The third-order valence-electron chi connectivity index (χ3n) is 5.45. The number of likely N-dealkylation sites (tertiary alicyclic amines) is 1. The Morgan fingerprint density at radius 2 is 1.87 bits per heavy atom. The Bertz CT molecular complexity index is 1080. The van der Waals surface area contributed by atoms with E-state index < -0.39 is 0 Å². The molecule has 1 aromatic heterocycles. The zero-order valence-electron chi connectivity index (χ0n) is 16.6. The Kier molecular flexibility index (Phi) is 5.38. The molecule has 1 fully saturated rings. The van der Waals surface area contributed by atoms with Gasteiger partial charge in [0.25, 0.3) is 5.91 Å². The Morgan fingerprint density at radius 3 is 2.68 bits per heavy atom. The fourth-order valence-electron chi connectivity index (χ4n) is 3.70. The van der Waals surface area contributed by atoms with Crippen molar-refractivity contribution in [1.29, 1.82) is 0 Å². The van der Waals surface area contributed by atoms with E-state index in [9.17, 15) is 4.79 Å². The van der Waals surface area contributed by atoms with Crippen molar-refractivity contribution >= 4 is 17.5 Å². The van der Waals surface area contributed by atoms with Crippen LogP contribution in [0.2, 0.25) is 5.02 Å². The molecule has 2 aliphatic heterocycles. The van der Waals surface area contributed by atoms with E-state index in [1.165, 1.54) is 0 Å². The maximum absolute atomic E-state index is 12.5. The van der Waals surface area contributed by atoms with Gasteiger partial charge in [-0.05, 0) is 55.3 Å². The van der Waals surface area contributed by atoms with Gasteiger partial charge in [-0.25, -0.2) is 0 Å². The molecular weight excluding hydrogens is 422 g/mol. The average molecular weight is 442 g/mol. The van der Waals surface area contributed by atoms with Crippen LogP contribution in [0.5, 0.6) is 17.2 Å². The van der Waals surface area contributed by atoms with Crippen LogP contribution in [0.1, 0.15) is 24.7 Å². The second-order valence-electron chi connectivity index (χ2n) is 7.42. The molecule has 0 radical (unpaired) electrons. The monoisotopic (exact) mass is 441 g/mol. The first-order chi connectivity index (χ1) is 15.2. The summed E-state index contributed by atoms with van der Waals surface area (Å²) in [5, 5.41) is 4.75. The summed E-state index contributed by atoms with van der Waals surface area (Å²) in [6.45, 7) is 1.46. The fraction of sp³-hybridized carbons (Fsp3) is 0.318. The lowest BCUT2D eigenvalue weighted by atomic mass is 9.97. The quantitative estimate of drug-likeness (QED) is 0.593. The molecular formula is C22H20ClN3O5. The van der Waals surface area contributed by atoms with Crippen molar-refractivity contribution in [3.05, 3.63) is 53.4 Å². The highest BCUT2D eigenvalue weighted by Crippen LogP contribution is 2.36. The lowest BCUT2D eigenvalue weighted by Gasteiger charge is -2.30. The molecule has 5 rings (SSSR count). The van der Waals surface area contributed by atoms with Crippen molar-refractivity contribution in [3.8, 4) is 28.6 Å². The molecule has 0 atom stereocenters. The molecule has 3 heterocycles. The molecule has 9 heteroatoms. The molecule has 2 aliphatic rings. The van der Waals surface area contributed by atoms with Gasteiger partial charge in [0, 0.05) is 29.6 Å². The summed E-state index contributed by atoms with van der Waals surface area (Å²) in [5.41, 5.74) is 0.811. The van der Waals surface area contributed by atoms with Crippen molar-refractivity contribution < 1.29 is 23.5 Å². The number of ether oxygens (including phenoxy) is 3. The van der Waals surface area contributed by atoms with E-state index >= 15 is 0 Å². The molecule has 31 heavy (non-hydrogen) atoms. The first kappa shape index (κ1) is 19.7. The maximum Gasteiger partial charge on any atom is 0.260 e. The average Bonchev–Trinajstić information content (AvgIpc) is 3.48. The number of benzene rings is 2. The molecule has 0 spiro atoms. The summed E-state index contributed by atoms with van der Waals surface area (Å²) in [6, 6.07) is 12.5. The van der Waals surface area contributed by atoms with E-state index in [2.05, 4.69) is 10.1 Å². The van der Waals surface area contributed by atoms with Gasteiger partial charge in [0.2, 0.25) is 18.5 Å². The normalized spacial score (nSPS) is 15.8. The van der Waals surface area contributed by atoms with Gasteiger partial charge in [-0.1, -0.05) is 16.8 Å². The van der Waals surface area contributed by atoms with E-state index in [0.717, 1.165) is 18.4 Å². The molecule has 0 aliphatic carbocycles. The Morgan fingerprint density at radius 1 is 1.10 bits per heavy atom. The molecule has 0 N–H and O–H groups in total. The van der Waals surface area contributed by atoms with E-state index in [1.54, 1.807) is 24.3 Å². The summed E-state index contributed by atoms with van der Waals surface area (Å²) in [4.78, 5) is 18.8. The second kappa shape index (κ2) is 8.47. The highest BCUT2D eigenvalue weighted by atomic mass is 35.5. The highest BCUT2D eigenvalue weighted by Gasteiger charge is 2.28. The highest BCUT2D eigenvalue weighted by molar-refractivity contribution is 6.30.